The zero-order valence-corrected chi connectivity index (χ0v) is 27.2. The van der Waals surface area contributed by atoms with E-state index in [9.17, 15) is 19.2 Å². The van der Waals surface area contributed by atoms with Gasteiger partial charge in [-0.05, 0) is 74.1 Å². The molecule has 10 heteroatoms. The highest BCUT2D eigenvalue weighted by Gasteiger charge is 2.37. The first-order chi connectivity index (χ1) is 20.9. The van der Waals surface area contributed by atoms with Gasteiger partial charge in [-0.25, -0.2) is 5.43 Å². The Labute approximate surface area is 262 Å². The number of nitrogens with zero attached hydrogens (tertiary/aromatic N) is 2. The lowest BCUT2D eigenvalue weighted by atomic mass is 9.97. The molecular formula is C34H51N5O5. The first-order valence-corrected chi connectivity index (χ1v) is 15.8. The number of ether oxygens (including phenoxy) is 1. The van der Waals surface area contributed by atoms with Crippen LogP contribution in [0.5, 0.6) is 0 Å². The van der Waals surface area contributed by atoms with Crippen LogP contribution in [0.1, 0.15) is 82.5 Å². The summed E-state index contributed by atoms with van der Waals surface area (Å²) in [7, 11) is 3.39. The van der Waals surface area contributed by atoms with Crippen molar-refractivity contribution in [3.63, 3.8) is 0 Å². The molecule has 1 aromatic rings. The van der Waals surface area contributed by atoms with Crippen LogP contribution < -0.4 is 16.1 Å². The molecule has 1 aliphatic carbocycles. The van der Waals surface area contributed by atoms with Crippen molar-refractivity contribution in [3.8, 4) is 0 Å². The summed E-state index contributed by atoms with van der Waals surface area (Å²) in [5.74, 6) is -1.82. The molecule has 0 aromatic heterocycles. The summed E-state index contributed by atoms with van der Waals surface area (Å²) in [4.78, 5) is 55.1. The van der Waals surface area contributed by atoms with Gasteiger partial charge >= 0.3 is 0 Å². The van der Waals surface area contributed by atoms with Gasteiger partial charge in [0.1, 0.15) is 18.1 Å². The number of aryl methyl sites for hydroxylation is 1. The topological polar surface area (TPSA) is 120 Å². The lowest BCUT2D eigenvalue weighted by molar-refractivity contribution is -0.146. The second kappa shape index (κ2) is 16.0. The van der Waals surface area contributed by atoms with Crippen molar-refractivity contribution in [2.24, 2.45) is 11.8 Å². The zero-order valence-electron chi connectivity index (χ0n) is 27.2. The van der Waals surface area contributed by atoms with Crippen LogP contribution in [-0.2, 0) is 30.3 Å². The van der Waals surface area contributed by atoms with E-state index in [0.717, 1.165) is 24.0 Å². The average Bonchev–Trinajstić information content (AvgIpc) is 3.45. The van der Waals surface area contributed by atoms with E-state index in [1.165, 1.54) is 10.6 Å². The summed E-state index contributed by atoms with van der Waals surface area (Å²) in [5, 5.41) is 7.08. The molecule has 0 radical (unpaired) electrons. The molecule has 44 heavy (non-hydrogen) atoms. The van der Waals surface area contributed by atoms with Crippen molar-refractivity contribution < 1.29 is 23.9 Å². The Hall–Kier alpha value is -3.50. The van der Waals surface area contributed by atoms with E-state index >= 15 is 0 Å². The van der Waals surface area contributed by atoms with Gasteiger partial charge in [0.15, 0.2) is 0 Å². The highest BCUT2D eigenvalue weighted by atomic mass is 16.5. The summed E-state index contributed by atoms with van der Waals surface area (Å²) in [6, 6.07) is 3.98. The quantitative estimate of drug-likeness (QED) is 0.278. The lowest BCUT2D eigenvalue weighted by Gasteiger charge is -2.37. The number of nitrogens with one attached hydrogen (secondary N) is 3. The normalized spacial score (nSPS) is 20.6. The Morgan fingerprint density at radius 3 is 2.48 bits per heavy atom. The van der Waals surface area contributed by atoms with Gasteiger partial charge in [-0.3, -0.25) is 24.2 Å². The van der Waals surface area contributed by atoms with Gasteiger partial charge < -0.3 is 20.3 Å². The number of carbonyl (C=O) groups is 4. The Morgan fingerprint density at radius 2 is 1.84 bits per heavy atom. The molecule has 0 saturated carbocycles. The molecule has 0 spiro atoms. The molecule has 6 atom stereocenters. The molecule has 0 unspecified atom stereocenters. The first-order valence-electron chi connectivity index (χ1n) is 15.8. The number of allylic oxidation sites excluding steroid dienone is 1. The molecule has 1 aromatic carbocycles. The molecule has 2 aliphatic rings. The molecule has 1 fully saturated rings. The molecule has 242 valence electrons. The first kappa shape index (κ1) is 35.0. The summed E-state index contributed by atoms with van der Waals surface area (Å²) in [6.07, 6.45) is 7.66. The van der Waals surface area contributed by atoms with Crippen LogP contribution in [0, 0.1) is 11.8 Å². The van der Waals surface area contributed by atoms with Gasteiger partial charge in [-0.1, -0.05) is 51.6 Å². The minimum Gasteiger partial charge on any atom is -0.381 e. The number of carbonyl (C=O) groups excluding carboxylic acids is 4. The molecule has 1 saturated heterocycles. The van der Waals surface area contributed by atoms with Gasteiger partial charge in [0.25, 0.3) is 5.91 Å². The predicted molar refractivity (Wildman–Crippen MR) is 172 cm³/mol. The molecule has 3 N–H and O–H groups in total. The summed E-state index contributed by atoms with van der Waals surface area (Å²) >= 11 is 0. The predicted octanol–water partition coefficient (Wildman–Crippen LogP) is 3.53. The molecule has 0 bridgehead atoms. The van der Waals surface area contributed by atoms with Crippen LogP contribution in [0.2, 0.25) is 0 Å². The van der Waals surface area contributed by atoms with Gasteiger partial charge in [0, 0.05) is 20.7 Å². The number of benzene rings is 1. The van der Waals surface area contributed by atoms with Crippen molar-refractivity contribution in [3.05, 3.63) is 54.1 Å². The summed E-state index contributed by atoms with van der Waals surface area (Å²) < 4.78 is 5.50. The van der Waals surface area contributed by atoms with Gasteiger partial charge in [-0.15, -0.1) is 6.58 Å². The highest BCUT2D eigenvalue weighted by Crippen LogP contribution is 2.36. The SMILES string of the molecule is C=CCC[C@@H](OC)[C@@H](C)C(=O)N[C@H](C(=O)N[C@@H](C)C(=O)N1CCC[C@@H](C(=O)N(C)[C@@H]2CCc3ccc(C=C)cc32)N1)C(C)C. The van der Waals surface area contributed by atoms with Crippen LogP contribution in [0.25, 0.3) is 6.08 Å². The van der Waals surface area contributed by atoms with Crippen LogP contribution in [0.4, 0.5) is 0 Å². The fourth-order valence-corrected chi connectivity index (χ4v) is 6.09. The zero-order chi connectivity index (χ0) is 32.6. The maximum absolute atomic E-state index is 13.6. The number of hydrazine groups is 1. The number of likely N-dealkylation sites (N-methyl/N-ethyl adjacent to an activating group) is 1. The average molecular weight is 610 g/mol. The van der Waals surface area contributed by atoms with Crippen LogP contribution in [-0.4, -0.2) is 78.5 Å². The van der Waals surface area contributed by atoms with E-state index in [4.69, 9.17) is 4.74 Å². The van der Waals surface area contributed by atoms with Gasteiger partial charge in [0.2, 0.25) is 17.7 Å². The largest absolute Gasteiger partial charge is 0.381 e. The van der Waals surface area contributed by atoms with E-state index in [1.807, 2.05) is 33.0 Å². The van der Waals surface area contributed by atoms with Crippen LogP contribution >= 0.6 is 0 Å². The van der Waals surface area contributed by atoms with Gasteiger partial charge in [-0.2, -0.15) is 0 Å². The van der Waals surface area contributed by atoms with E-state index in [2.05, 4.69) is 41.3 Å². The molecule has 1 aliphatic heterocycles. The smallest absolute Gasteiger partial charge is 0.258 e. The van der Waals surface area contributed by atoms with Crippen LogP contribution in [0.15, 0.2) is 37.4 Å². The molecule has 10 nitrogen and oxygen atoms in total. The number of methoxy groups -OCH3 is 1. The monoisotopic (exact) mass is 609 g/mol. The Morgan fingerprint density at radius 1 is 1.11 bits per heavy atom. The summed E-state index contributed by atoms with van der Waals surface area (Å²) in [5.41, 5.74) is 6.54. The number of fused-ring (bicyclic) bond motifs is 1. The van der Waals surface area contributed by atoms with E-state index in [-0.39, 0.29) is 35.8 Å². The lowest BCUT2D eigenvalue weighted by Crippen LogP contribution is -2.62. The third kappa shape index (κ3) is 8.35. The third-order valence-corrected chi connectivity index (χ3v) is 8.92. The molecule has 4 amide bonds. The Kier molecular flexibility index (Phi) is 12.7. The summed E-state index contributed by atoms with van der Waals surface area (Å²) in [6.45, 7) is 15.1. The number of rotatable bonds is 14. The van der Waals surface area contributed by atoms with Crippen molar-refractivity contribution in [2.45, 2.75) is 96.5 Å². The minimum absolute atomic E-state index is 0.0319. The standard InChI is InChI=1S/C34H51N5O5/c1-9-11-14-29(44-8)22(5)31(40)36-30(21(3)4)32(41)35-23(6)33(42)39-19-12-13-27(37-39)34(43)38(7)28-18-17-25-16-15-24(10-2)20-26(25)28/h9-10,15-16,20-23,27-30,37H,1-2,11-14,17-19H2,3-8H3,(H,35,41)(H,36,40)/t22-,23+,27+,28-,29-,30+/m1/s1. The van der Waals surface area contributed by atoms with Crippen molar-refractivity contribution in [1.82, 2.24) is 26.0 Å². The highest BCUT2D eigenvalue weighted by molar-refractivity contribution is 5.92. The number of amides is 4. The van der Waals surface area contributed by atoms with Crippen LogP contribution in [0.3, 0.4) is 0 Å². The van der Waals surface area contributed by atoms with E-state index in [1.54, 1.807) is 31.9 Å². The van der Waals surface area contributed by atoms with Crippen molar-refractivity contribution in [1.29, 1.82) is 0 Å². The Bertz CT molecular complexity index is 1220. The van der Waals surface area contributed by atoms with Crippen molar-refractivity contribution in [2.75, 3.05) is 20.7 Å². The second-order valence-corrected chi connectivity index (χ2v) is 12.4. The molecule has 1 heterocycles. The van der Waals surface area contributed by atoms with E-state index < -0.39 is 30.0 Å². The third-order valence-electron chi connectivity index (χ3n) is 8.92. The van der Waals surface area contributed by atoms with Crippen molar-refractivity contribution >= 4 is 29.7 Å². The maximum Gasteiger partial charge on any atom is 0.258 e. The van der Waals surface area contributed by atoms with E-state index in [0.29, 0.717) is 32.2 Å². The fraction of sp³-hybridized carbons (Fsp3) is 0.588. The Balaban J connectivity index is 1.60. The fourth-order valence-electron chi connectivity index (χ4n) is 6.09. The molecular weight excluding hydrogens is 558 g/mol. The maximum atomic E-state index is 13.6. The van der Waals surface area contributed by atoms with Gasteiger partial charge in [0.05, 0.1) is 18.1 Å². The second-order valence-electron chi connectivity index (χ2n) is 12.4. The number of hydrogen-bond acceptors (Lipinski definition) is 6. The number of hydrogen-bond donors (Lipinski definition) is 3. The minimum atomic E-state index is -0.865. The molecule has 3 rings (SSSR count).